The molecule has 0 aliphatic heterocycles. The number of aryl methyl sites for hydroxylation is 2. The number of hydrogen-bond donors (Lipinski definition) is 2. The molecule has 0 aliphatic carbocycles. The van der Waals surface area contributed by atoms with E-state index in [-0.39, 0.29) is 27.7 Å². The van der Waals surface area contributed by atoms with E-state index in [1.54, 1.807) is 0 Å². The van der Waals surface area contributed by atoms with Crippen molar-refractivity contribution in [3.05, 3.63) is 35.5 Å². The molecule has 6 nitrogen and oxygen atoms in total. The van der Waals surface area contributed by atoms with E-state index >= 15 is 0 Å². The Hall–Kier alpha value is -2.09. The van der Waals surface area contributed by atoms with Gasteiger partial charge >= 0.3 is 0 Å². The fraction of sp³-hybridized carbons (Fsp3) is 0.182. The number of sulfonamides is 1. The normalized spacial score (nSPS) is 11.5. The zero-order chi connectivity index (χ0) is 14.2. The number of anilines is 2. The van der Waals surface area contributed by atoms with Crippen LogP contribution in [0.5, 0.6) is 0 Å². The fourth-order valence-corrected chi connectivity index (χ4v) is 3.04. The van der Waals surface area contributed by atoms with Crippen LogP contribution in [0.3, 0.4) is 0 Å². The molecule has 19 heavy (non-hydrogen) atoms. The highest BCUT2D eigenvalue weighted by atomic mass is 32.2. The Kier molecular flexibility index (Phi) is 3.19. The molecule has 1 heterocycles. The zero-order valence-corrected chi connectivity index (χ0v) is 11.1. The molecule has 0 aliphatic rings. The van der Waals surface area contributed by atoms with Crippen molar-refractivity contribution in [2.24, 2.45) is 0 Å². The summed E-state index contributed by atoms with van der Waals surface area (Å²) in [4.78, 5) is -0.0512. The van der Waals surface area contributed by atoms with Crippen molar-refractivity contribution in [3.63, 3.8) is 0 Å². The molecule has 0 spiro atoms. The summed E-state index contributed by atoms with van der Waals surface area (Å²) < 4.78 is 44.6. The predicted octanol–water partition coefficient (Wildman–Crippen LogP) is 1.81. The summed E-state index contributed by atoms with van der Waals surface area (Å²) in [6.45, 7) is 2.99. The minimum absolute atomic E-state index is 0.0512. The molecule has 0 unspecified atom stereocenters. The lowest BCUT2D eigenvalue weighted by Crippen LogP contribution is -2.14. The average Bonchev–Trinajstić information content (AvgIpc) is 2.64. The first-order valence-corrected chi connectivity index (χ1v) is 6.80. The Morgan fingerprint density at radius 3 is 2.58 bits per heavy atom. The number of rotatable bonds is 3. The van der Waals surface area contributed by atoms with Crippen molar-refractivity contribution < 1.29 is 17.3 Å². The van der Waals surface area contributed by atoms with Crippen LogP contribution in [0.15, 0.2) is 27.6 Å². The van der Waals surface area contributed by atoms with E-state index in [0.29, 0.717) is 0 Å². The number of nitrogens with one attached hydrogen (secondary N) is 1. The number of benzene rings is 1. The van der Waals surface area contributed by atoms with Crippen molar-refractivity contribution in [1.82, 2.24) is 5.16 Å². The maximum atomic E-state index is 13.3. The predicted molar refractivity (Wildman–Crippen MR) is 67.6 cm³/mol. The third-order valence-corrected chi connectivity index (χ3v) is 4.11. The topological polar surface area (TPSA) is 98.2 Å². The first-order chi connectivity index (χ1) is 8.81. The summed E-state index contributed by atoms with van der Waals surface area (Å²) in [5.74, 6) is -0.528. The van der Waals surface area contributed by atoms with Gasteiger partial charge in [0.1, 0.15) is 11.5 Å². The van der Waals surface area contributed by atoms with Crippen LogP contribution >= 0.6 is 0 Å². The maximum Gasteiger partial charge on any atom is 0.267 e. The molecule has 0 fully saturated rings. The molecular formula is C11H12FN3O3S. The van der Waals surface area contributed by atoms with Gasteiger partial charge in [-0.25, -0.2) is 12.8 Å². The van der Waals surface area contributed by atoms with Gasteiger partial charge in [0.05, 0.1) is 11.4 Å². The third-order valence-electron chi connectivity index (χ3n) is 2.49. The monoisotopic (exact) mass is 285 g/mol. The molecule has 2 rings (SSSR count). The van der Waals surface area contributed by atoms with E-state index in [1.807, 2.05) is 0 Å². The van der Waals surface area contributed by atoms with Gasteiger partial charge in [-0.1, -0.05) is 5.16 Å². The van der Waals surface area contributed by atoms with Crippen molar-refractivity contribution in [2.75, 3.05) is 10.5 Å². The number of nitrogens with zero attached hydrogens (tertiary/aromatic N) is 1. The van der Waals surface area contributed by atoms with Crippen molar-refractivity contribution in [2.45, 2.75) is 18.7 Å². The van der Waals surface area contributed by atoms with E-state index in [1.165, 1.54) is 26.0 Å². The molecule has 1 aromatic heterocycles. The van der Waals surface area contributed by atoms with Crippen LogP contribution in [0.25, 0.3) is 0 Å². The fourth-order valence-electron chi connectivity index (χ4n) is 1.66. The molecule has 0 amide bonds. The Bertz CT molecular complexity index is 705. The zero-order valence-electron chi connectivity index (χ0n) is 10.3. The van der Waals surface area contributed by atoms with Crippen molar-refractivity contribution in [3.8, 4) is 0 Å². The van der Waals surface area contributed by atoms with Crippen LogP contribution in [0.1, 0.15) is 11.5 Å². The summed E-state index contributed by atoms with van der Waals surface area (Å²) in [6.07, 6.45) is 0. The number of hydrogen-bond acceptors (Lipinski definition) is 5. The molecule has 0 saturated heterocycles. The summed E-state index contributed by atoms with van der Waals surface area (Å²) >= 11 is 0. The molecule has 3 N–H and O–H groups in total. The minimum atomic E-state index is -3.87. The van der Waals surface area contributed by atoms with Gasteiger partial charge in [0.25, 0.3) is 10.0 Å². The molecule has 2 aromatic rings. The second-order valence-electron chi connectivity index (χ2n) is 4.00. The molecule has 0 saturated carbocycles. The summed E-state index contributed by atoms with van der Waals surface area (Å²) in [7, 11) is -3.87. The Morgan fingerprint density at radius 1 is 1.37 bits per heavy atom. The lowest BCUT2D eigenvalue weighted by molar-refractivity contribution is 0.390. The van der Waals surface area contributed by atoms with E-state index in [4.69, 9.17) is 10.3 Å². The largest absolute Gasteiger partial charge is 0.396 e. The smallest absolute Gasteiger partial charge is 0.267 e. The van der Waals surface area contributed by atoms with Gasteiger partial charge in [0.15, 0.2) is 10.7 Å². The van der Waals surface area contributed by atoms with Crippen LogP contribution in [0.2, 0.25) is 0 Å². The summed E-state index contributed by atoms with van der Waals surface area (Å²) in [5, 5.41) is 3.57. The number of aromatic nitrogens is 1. The van der Waals surface area contributed by atoms with Crippen molar-refractivity contribution in [1.29, 1.82) is 0 Å². The van der Waals surface area contributed by atoms with Gasteiger partial charge in [0, 0.05) is 6.07 Å². The van der Waals surface area contributed by atoms with Crippen LogP contribution in [0, 0.1) is 19.7 Å². The number of nitrogen functional groups attached to an aromatic ring is 1. The third kappa shape index (κ3) is 2.53. The second kappa shape index (κ2) is 4.54. The Morgan fingerprint density at radius 2 is 2.05 bits per heavy atom. The molecule has 8 heteroatoms. The Labute approximate surface area is 109 Å². The lowest BCUT2D eigenvalue weighted by Gasteiger charge is -2.08. The van der Waals surface area contributed by atoms with Gasteiger partial charge in [0.2, 0.25) is 0 Å². The highest BCUT2D eigenvalue weighted by Gasteiger charge is 2.24. The molecular weight excluding hydrogens is 273 g/mol. The Balaban J connectivity index is 2.39. The second-order valence-corrected chi connectivity index (χ2v) is 5.61. The quantitative estimate of drug-likeness (QED) is 0.838. The SMILES string of the molecule is Cc1noc(C)c1S(=O)(=O)Nc1ccc(N)c(F)c1. The number of nitrogens with two attached hydrogens (primary N) is 1. The van der Waals surface area contributed by atoms with Crippen LogP contribution < -0.4 is 10.5 Å². The van der Waals surface area contributed by atoms with Crippen molar-refractivity contribution >= 4 is 21.4 Å². The van der Waals surface area contributed by atoms with Crippen LogP contribution in [-0.4, -0.2) is 13.6 Å². The van der Waals surface area contributed by atoms with Gasteiger partial charge in [-0.2, -0.15) is 0 Å². The summed E-state index contributed by atoms with van der Waals surface area (Å²) in [5.41, 5.74) is 5.58. The lowest BCUT2D eigenvalue weighted by atomic mass is 10.3. The molecule has 1 aromatic carbocycles. The van der Waals surface area contributed by atoms with E-state index in [9.17, 15) is 12.8 Å². The maximum absolute atomic E-state index is 13.3. The van der Waals surface area contributed by atoms with E-state index in [2.05, 4.69) is 9.88 Å². The van der Waals surface area contributed by atoms with Gasteiger partial charge in [-0.15, -0.1) is 0 Å². The van der Waals surface area contributed by atoms with Gasteiger partial charge in [-0.05, 0) is 26.0 Å². The molecule has 0 bridgehead atoms. The highest BCUT2D eigenvalue weighted by molar-refractivity contribution is 7.92. The van der Waals surface area contributed by atoms with E-state index < -0.39 is 15.8 Å². The van der Waals surface area contributed by atoms with Crippen LogP contribution in [-0.2, 0) is 10.0 Å². The average molecular weight is 285 g/mol. The number of halogens is 1. The first-order valence-electron chi connectivity index (χ1n) is 5.32. The van der Waals surface area contributed by atoms with Gasteiger partial charge in [-0.3, -0.25) is 4.72 Å². The van der Waals surface area contributed by atoms with E-state index in [0.717, 1.165) is 6.07 Å². The standard InChI is InChI=1S/C11H12FN3O3S/c1-6-11(7(2)18-14-6)19(16,17)15-8-3-4-10(13)9(12)5-8/h3-5,15H,13H2,1-2H3. The summed E-state index contributed by atoms with van der Waals surface area (Å²) in [6, 6.07) is 3.65. The first kappa shape index (κ1) is 13.3. The van der Waals surface area contributed by atoms with Gasteiger partial charge < -0.3 is 10.3 Å². The highest BCUT2D eigenvalue weighted by Crippen LogP contribution is 2.23. The minimum Gasteiger partial charge on any atom is -0.396 e. The molecule has 102 valence electrons. The molecule has 0 atom stereocenters. The van der Waals surface area contributed by atoms with Crippen LogP contribution in [0.4, 0.5) is 15.8 Å². The molecule has 0 radical (unpaired) electrons.